The van der Waals surface area contributed by atoms with E-state index in [2.05, 4.69) is 16.2 Å². The smallest absolute Gasteiger partial charge is 0.254 e. The van der Waals surface area contributed by atoms with Gasteiger partial charge in [-0.1, -0.05) is 24.1 Å². The van der Waals surface area contributed by atoms with E-state index in [0.717, 1.165) is 10.9 Å². The van der Waals surface area contributed by atoms with Crippen molar-refractivity contribution in [1.82, 2.24) is 10.3 Å². The number of benzene rings is 1. The Morgan fingerprint density at radius 1 is 1.41 bits per heavy atom. The number of para-hydroxylation sites is 1. The molecule has 3 heteroatoms. The molecule has 0 saturated carbocycles. The van der Waals surface area contributed by atoms with Gasteiger partial charge < -0.3 is 10.3 Å². The molecule has 2 rings (SSSR count). The normalized spacial score (nSPS) is 11.1. The third kappa shape index (κ3) is 2.16. The fraction of sp³-hybridized carbons (Fsp3) is 0.214. The number of fused-ring (bicyclic) bond motifs is 1. The predicted octanol–water partition coefficient (Wildman–Crippen LogP) is 2.31. The summed E-state index contributed by atoms with van der Waals surface area (Å²) in [5.74, 6) is 2.38. The summed E-state index contributed by atoms with van der Waals surface area (Å²) in [6, 6.07) is 7.66. The second-order valence-electron chi connectivity index (χ2n) is 4.47. The van der Waals surface area contributed by atoms with E-state index in [4.69, 9.17) is 6.42 Å². The number of hydrogen-bond donors (Lipinski definition) is 2. The van der Waals surface area contributed by atoms with Crippen molar-refractivity contribution in [3.8, 4) is 12.3 Å². The van der Waals surface area contributed by atoms with E-state index in [1.165, 1.54) is 0 Å². The van der Waals surface area contributed by atoms with Crippen LogP contribution in [0.4, 0.5) is 0 Å². The van der Waals surface area contributed by atoms with Gasteiger partial charge in [0.25, 0.3) is 5.91 Å². The number of carbonyl (C=O) groups is 1. The minimum atomic E-state index is -0.643. The molecule has 0 saturated heterocycles. The molecule has 0 atom stereocenters. The van der Waals surface area contributed by atoms with E-state index in [9.17, 15) is 4.79 Å². The van der Waals surface area contributed by atoms with Crippen LogP contribution in [0.2, 0.25) is 0 Å². The van der Waals surface area contributed by atoms with E-state index in [1.54, 1.807) is 20.0 Å². The average molecular weight is 226 g/mol. The molecule has 0 spiro atoms. The van der Waals surface area contributed by atoms with Crippen LogP contribution in [0.5, 0.6) is 0 Å². The molecule has 0 radical (unpaired) electrons. The number of nitrogens with one attached hydrogen (secondary N) is 2. The molecule has 0 fully saturated rings. The van der Waals surface area contributed by atoms with Crippen LogP contribution in [-0.2, 0) is 0 Å². The van der Waals surface area contributed by atoms with Crippen LogP contribution in [-0.4, -0.2) is 16.4 Å². The molecule has 1 aromatic carbocycles. The molecule has 1 aromatic heterocycles. The fourth-order valence-corrected chi connectivity index (χ4v) is 1.65. The topological polar surface area (TPSA) is 44.9 Å². The van der Waals surface area contributed by atoms with Crippen LogP contribution in [0.3, 0.4) is 0 Å². The number of carbonyl (C=O) groups excluding carboxylic acids is 1. The summed E-state index contributed by atoms with van der Waals surface area (Å²) in [4.78, 5) is 15.1. The van der Waals surface area contributed by atoms with Gasteiger partial charge in [-0.15, -0.1) is 6.42 Å². The summed E-state index contributed by atoms with van der Waals surface area (Å²) in [5, 5.41) is 3.71. The zero-order chi connectivity index (χ0) is 12.5. The summed E-state index contributed by atoms with van der Waals surface area (Å²) in [7, 11) is 0. The molecular formula is C14H14N2O. The minimum Gasteiger partial charge on any atom is -0.360 e. The minimum absolute atomic E-state index is 0.162. The molecule has 0 unspecified atom stereocenters. The largest absolute Gasteiger partial charge is 0.360 e. The summed E-state index contributed by atoms with van der Waals surface area (Å²) < 4.78 is 0. The second kappa shape index (κ2) is 3.99. The van der Waals surface area contributed by atoms with Crippen LogP contribution in [0.25, 0.3) is 10.9 Å². The highest BCUT2D eigenvalue weighted by molar-refractivity contribution is 6.07. The van der Waals surface area contributed by atoms with Gasteiger partial charge in [-0.05, 0) is 19.9 Å². The zero-order valence-corrected chi connectivity index (χ0v) is 9.87. The lowest BCUT2D eigenvalue weighted by molar-refractivity contribution is 0.0931. The van der Waals surface area contributed by atoms with Crippen LogP contribution in [0.1, 0.15) is 24.2 Å². The van der Waals surface area contributed by atoms with Gasteiger partial charge in [0.1, 0.15) is 0 Å². The molecule has 17 heavy (non-hydrogen) atoms. The number of H-pyrrole nitrogens is 1. The Hall–Kier alpha value is -2.21. The Bertz CT molecular complexity index is 602. The van der Waals surface area contributed by atoms with Crippen molar-refractivity contribution in [2.45, 2.75) is 19.4 Å². The lowest BCUT2D eigenvalue weighted by Gasteiger charge is -2.19. The molecule has 86 valence electrons. The van der Waals surface area contributed by atoms with Crippen LogP contribution in [0, 0.1) is 12.3 Å². The summed E-state index contributed by atoms with van der Waals surface area (Å²) >= 11 is 0. The van der Waals surface area contributed by atoms with E-state index in [-0.39, 0.29) is 5.91 Å². The molecule has 1 heterocycles. The predicted molar refractivity (Wildman–Crippen MR) is 68.7 cm³/mol. The quantitative estimate of drug-likeness (QED) is 0.758. The first-order valence-electron chi connectivity index (χ1n) is 5.40. The highest BCUT2D eigenvalue weighted by Gasteiger charge is 2.19. The zero-order valence-electron chi connectivity index (χ0n) is 9.87. The molecular weight excluding hydrogens is 212 g/mol. The monoisotopic (exact) mass is 226 g/mol. The SMILES string of the molecule is C#CC(C)(C)NC(=O)c1c[nH]c2ccccc12. The van der Waals surface area contributed by atoms with Crippen molar-refractivity contribution in [3.05, 3.63) is 36.0 Å². The maximum Gasteiger partial charge on any atom is 0.254 e. The van der Waals surface area contributed by atoms with Crippen molar-refractivity contribution in [2.75, 3.05) is 0 Å². The molecule has 0 aliphatic heterocycles. The fourth-order valence-electron chi connectivity index (χ4n) is 1.65. The average Bonchev–Trinajstić information content (AvgIpc) is 2.72. The number of amides is 1. The Labute approximate surface area is 100 Å². The van der Waals surface area contributed by atoms with Crippen molar-refractivity contribution in [3.63, 3.8) is 0 Å². The van der Waals surface area contributed by atoms with Gasteiger partial charge in [-0.3, -0.25) is 4.79 Å². The number of aromatic amines is 1. The molecule has 2 N–H and O–H groups in total. The van der Waals surface area contributed by atoms with Gasteiger partial charge in [0.2, 0.25) is 0 Å². The summed E-state index contributed by atoms with van der Waals surface area (Å²) in [5.41, 5.74) is 0.912. The van der Waals surface area contributed by atoms with E-state index in [0.29, 0.717) is 5.56 Å². The maximum absolute atomic E-state index is 12.1. The van der Waals surface area contributed by atoms with Gasteiger partial charge >= 0.3 is 0 Å². The van der Waals surface area contributed by atoms with Crippen LogP contribution in [0.15, 0.2) is 30.5 Å². The lowest BCUT2D eigenvalue weighted by Crippen LogP contribution is -2.42. The van der Waals surface area contributed by atoms with Gasteiger partial charge in [-0.25, -0.2) is 0 Å². The second-order valence-corrected chi connectivity index (χ2v) is 4.47. The first-order valence-corrected chi connectivity index (χ1v) is 5.40. The molecule has 3 nitrogen and oxygen atoms in total. The van der Waals surface area contributed by atoms with Crippen molar-refractivity contribution in [2.24, 2.45) is 0 Å². The number of hydrogen-bond acceptors (Lipinski definition) is 1. The first-order chi connectivity index (χ1) is 8.03. The van der Waals surface area contributed by atoms with Crippen LogP contribution >= 0.6 is 0 Å². The number of terminal acetylenes is 1. The third-order valence-corrected chi connectivity index (χ3v) is 2.62. The molecule has 2 aromatic rings. The van der Waals surface area contributed by atoms with Crippen molar-refractivity contribution in [1.29, 1.82) is 0 Å². The van der Waals surface area contributed by atoms with Crippen molar-refractivity contribution >= 4 is 16.8 Å². The Morgan fingerprint density at radius 3 is 2.82 bits per heavy atom. The molecule has 0 bridgehead atoms. The van der Waals surface area contributed by atoms with Crippen LogP contribution < -0.4 is 5.32 Å². The van der Waals surface area contributed by atoms with Crippen molar-refractivity contribution < 1.29 is 4.79 Å². The van der Waals surface area contributed by atoms with E-state index in [1.807, 2.05) is 24.3 Å². The highest BCUT2D eigenvalue weighted by atomic mass is 16.1. The molecule has 0 aliphatic rings. The Morgan fingerprint density at radius 2 is 2.12 bits per heavy atom. The van der Waals surface area contributed by atoms with E-state index >= 15 is 0 Å². The van der Waals surface area contributed by atoms with Gasteiger partial charge in [0, 0.05) is 17.1 Å². The first kappa shape index (κ1) is 11.3. The number of rotatable bonds is 2. The standard InChI is InChI=1S/C14H14N2O/c1-4-14(2,3)16-13(17)11-9-15-12-8-6-5-7-10(11)12/h1,5-9,15H,2-3H3,(H,16,17). The number of aromatic nitrogens is 1. The highest BCUT2D eigenvalue weighted by Crippen LogP contribution is 2.18. The maximum atomic E-state index is 12.1. The molecule has 1 amide bonds. The summed E-state index contributed by atoms with van der Waals surface area (Å²) in [6.07, 6.45) is 7.05. The molecule has 0 aliphatic carbocycles. The summed E-state index contributed by atoms with van der Waals surface area (Å²) in [6.45, 7) is 3.58. The Kier molecular flexibility index (Phi) is 2.64. The van der Waals surface area contributed by atoms with E-state index < -0.39 is 5.54 Å². The van der Waals surface area contributed by atoms with Gasteiger partial charge in [0.05, 0.1) is 11.1 Å². The lowest BCUT2D eigenvalue weighted by atomic mass is 10.1. The van der Waals surface area contributed by atoms with Gasteiger partial charge in [0.15, 0.2) is 0 Å². The van der Waals surface area contributed by atoms with Gasteiger partial charge in [-0.2, -0.15) is 0 Å². The third-order valence-electron chi connectivity index (χ3n) is 2.62. The Balaban J connectivity index is 2.35.